The maximum atomic E-state index is 12.6. The SMILES string of the molecule is CNCC1CCN(S(=O)(=O)c2ccccc2Br)CC1.Cl. The molecule has 114 valence electrons. The highest BCUT2D eigenvalue weighted by molar-refractivity contribution is 9.10. The maximum Gasteiger partial charge on any atom is 0.244 e. The molecule has 0 saturated carbocycles. The fourth-order valence-corrected chi connectivity index (χ4v) is 4.87. The van der Waals surface area contributed by atoms with Gasteiger partial charge in [-0.05, 0) is 60.4 Å². The highest BCUT2D eigenvalue weighted by Gasteiger charge is 2.30. The average Bonchev–Trinajstić information content (AvgIpc) is 2.40. The molecule has 1 saturated heterocycles. The summed E-state index contributed by atoms with van der Waals surface area (Å²) < 4.78 is 27.3. The number of piperidine rings is 1. The zero-order valence-electron chi connectivity index (χ0n) is 11.4. The van der Waals surface area contributed by atoms with Gasteiger partial charge in [-0.2, -0.15) is 4.31 Å². The number of rotatable bonds is 4. The molecule has 7 heteroatoms. The molecule has 0 spiro atoms. The van der Waals surface area contributed by atoms with Crippen LogP contribution in [0, 0.1) is 5.92 Å². The van der Waals surface area contributed by atoms with Crippen LogP contribution in [0.15, 0.2) is 33.6 Å². The van der Waals surface area contributed by atoms with Crippen molar-refractivity contribution < 1.29 is 8.42 Å². The minimum Gasteiger partial charge on any atom is -0.319 e. The molecule has 4 nitrogen and oxygen atoms in total. The molecule has 0 aromatic heterocycles. The van der Waals surface area contributed by atoms with Crippen LogP contribution in [-0.4, -0.2) is 39.4 Å². The van der Waals surface area contributed by atoms with Crippen molar-refractivity contribution in [3.63, 3.8) is 0 Å². The number of nitrogens with one attached hydrogen (secondary N) is 1. The van der Waals surface area contributed by atoms with Crippen LogP contribution in [0.5, 0.6) is 0 Å². The predicted octanol–water partition coefficient (Wildman–Crippen LogP) is 2.49. The first-order valence-electron chi connectivity index (χ1n) is 6.45. The first kappa shape index (κ1) is 17.9. The molecular weight excluding hydrogens is 364 g/mol. The Morgan fingerprint density at radius 3 is 2.45 bits per heavy atom. The van der Waals surface area contributed by atoms with Crippen LogP contribution in [0.3, 0.4) is 0 Å². The van der Waals surface area contributed by atoms with Gasteiger partial charge in [-0.25, -0.2) is 8.42 Å². The lowest BCUT2D eigenvalue weighted by atomic mass is 9.98. The van der Waals surface area contributed by atoms with E-state index in [1.165, 1.54) is 0 Å². The summed E-state index contributed by atoms with van der Waals surface area (Å²) in [6.07, 6.45) is 1.84. The number of halogens is 2. The highest BCUT2D eigenvalue weighted by atomic mass is 79.9. The molecule has 20 heavy (non-hydrogen) atoms. The molecule has 0 radical (unpaired) electrons. The van der Waals surface area contributed by atoms with Crippen molar-refractivity contribution in [3.8, 4) is 0 Å². The summed E-state index contributed by atoms with van der Waals surface area (Å²) in [5, 5.41) is 3.16. The maximum absolute atomic E-state index is 12.6. The van der Waals surface area contributed by atoms with Gasteiger partial charge in [0.1, 0.15) is 0 Å². The highest BCUT2D eigenvalue weighted by Crippen LogP contribution is 2.27. The fraction of sp³-hybridized carbons (Fsp3) is 0.538. The van der Waals surface area contributed by atoms with Crippen LogP contribution in [0.25, 0.3) is 0 Å². The molecule has 1 aliphatic heterocycles. The lowest BCUT2D eigenvalue weighted by molar-refractivity contribution is 0.270. The minimum atomic E-state index is -3.37. The van der Waals surface area contributed by atoms with Crippen molar-refractivity contribution in [3.05, 3.63) is 28.7 Å². The Morgan fingerprint density at radius 1 is 1.30 bits per heavy atom. The van der Waals surface area contributed by atoms with E-state index in [0.717, 1.165) is 19.4 Å². The molecule has 0 unspecified atom stereocenters. The average molecular weight is 384 g/mol. The topological polar surface area (TPSA) is 49.4 Å². The molecule has 2 rings (SSSR count). The Balaban J connectivity index is 0.00000200. The van der Waals surface area contributed by atoms with Gasteiger partial charge >= 0.3 is 0 Å². The largest absolute Gasteiger partial charge is 0.319 e. The van der Waals surface area contributed by atoms with Crippen LogP contribution in [0.2, 0.25) is 0 Å². The van der Waals surface area contributed by atoms with Gasteiger partial charge in [0.25, 0.3) is 0 Å². The van der Waals surface area contributed by atoms with E-state index in [1.54, 1.807) is 22.5 Å². The van der Waals surface area contributed by atoms with Crippen LogP contribution in [0.1, 0.15) is 12.8 Å². The molecule has 1 heterocycles. The summed E-state index contributed by atoms with van der Waals surface area (Å²) in [6, 6.07) is 6.99. The third-order valence-corrected chi connectivity index (χ3v) is 6.43. The summed E-state index contributed by atoms with van der Waals surface area (Å²) in [6.45, 7) is 2.18. The smallest absolute Gasteiger partial charge is 0.244 e. The van der Waals surface area contributed by atoms with Gasteiger partial charge in [0.15, 0.2) is 0 Å². The number of sulfonamides is 1. The quantitative estimate of drug-likeness (QED) is 0.869. The van der Waals surface area contributed by atoms with Crippen LogP contribution < -0.4 is 5.32 Å². The molecule has 1 aromatic carbocycles. The van der Waals surface area contributed by atoms with Gasteiger partial charge in [0, 0.05) is 17.6 Å². The second-order valence-corrected chi connectivity index (χ2v) is 7.60. The van der Waals surface area contributed by atoms with Crippen LogP contribution in [0.4, 0.5) is 0 Å². The van der Waals surface area contributed by atoms with Crippen molar-refractivity contribution in [1.29, 1.82) is 0 Å². The van der Waals surface area contributed by atoms with E-state index in [1.807, 2.05) is 13.1 Å². The second kappa shape index (κ2) is 7.75. The summed E-state index contributed by atoms with van der Waals surface area (Å²) >= 11 is 3.32. The van der Waals surface area contributed by atoms with E-state index in [4.69, 9.17) is 0 Å². The first-order chi connectivity index (χ1) is 9.05. The minimum absolute atomic E-state index is 0. The molecule has 1 aliphatic rings. The molecule has 1 aromatic rings. The van der Waals surface area contributed by atoms with Crippen molar-refractivity contribution >= 4 is 38.4 Å². The van der Waals surface area contributed by atoms with Gasteiger partial charge in [0.2, 0.25) is 10.0 Å². The molecule has 1 N–H and O–H groups in total. The van der Waals surface area contributed by atoms with Crippen LogP contribution >= 0.6 is 28.3 Å². The third-order valence-electron chi connectivity index (χ3n) is 3.52. The molecule has 0 amide bonds. The Labute approximate surface area is 135 Å². The second-order valence-electron chi connectivity index (χ2n) is 4.84. The van der Waals surface area contributed by atoms with Crippen molar-refractivity contribution in [2.45, 2.75) is 17.7 Å². The summed E-state index contributed by atoms with van der Waals surface area (Å²) in [4.78, 5) is 0.363. The summed E-state index contributed by atoms with van der Waals surface area (Å²) in [5.74, 6) is 0.579. The monoisotopic (exact) mass is 382 g/mol. The van der Waals surface area contributed by atoms with Crippen molar-refractivity contribution in [2.75, 3.05) is 26.7 Å². The van der Waals surface area contributed by atoms with Crippen molar-refractivity contribution in [2.24, 2.45) is 5.92 Å². The van der Waals surface area contributed by atoms with E-state index < -0.39 is 10.0 Å². The number of hydrogen-bond acceptors (Lipinski definition) is 3. The standard InChI is InChI=1S/C13H19BrN2O2S.ClH/c1-15-10-11-6-8-16(9-7-11)19(17,18)13-5-3-2-4-12(13)14;/h2-5,11,15H,6-10H2,1H3;1H. The molecule has 0 bridgehead atoms. The van der Waals surface area contributed by atoms with E-state index >= 15 is 0 Å². The first-order valence-corrected chi connectivity index (χ1v) is 8.68. The van der Waals surface area contributed by atoms with Gasteiger partial charge in [0.05, 0.1) is 4.90 Å². The zero-order chi connectivity index (χ0) is 13.9. The Hall–Kier alpha value is -0.140. The molecule has 0 aliphatic carbocycles. The van der Waals surface area contributed by atoms with E-state index in [-0.39, 0.29) is 12.4 Å². The lowest BCUT2D eigenvalue weighted by Gasteiger charge is -2.31. The zero-order valence-corrected chi connectivity index (χ0v) is 14.6. The fourth-order valence-electron chi connectivity index (χ4n) is 2.44. The van der Waals surface area contributed by atoms with E-state index in [2.05, 4.69) is 21.2 Å². The summed E-state index contributed by atoms with van der Waals surface area (Å²) in [7, 11) is -1.43. The van der Waals surface area contributed by atoms with Gasteiger partial charge in [-0.1, -0.05) is 12.1 Å². The van der Waals surface area contributed by atoms with Crippen LogP contribution in [-0.2, 0) is 10.0 Å². The molecular formula is C13H20BrClN2O2S. The van der Waals surface area contributed by atoms with Crippen molar-refractivity contribution in [1.82, 2.24) is 9.62 Å². The van der Waals surface area contributed by atoms with Gasteiger partial charge < -0.3 is 5.32 Å². The number of hydrogen-bond donors (Lipinski definition) is 1. The Kier molecular flexibility index (Phi) is 6.94. The Bertz CT molecular complexity index is 531. The lowest BCUT2D eigenvalue weighted by Crippen LogP contribution is -2.40. The van der Waals surface area contributed by atoms with Gasteiger partial charge in [-0.15, -0.1) is 12.4 Å². The summed E-state index contributed by atoms with van der Waals surface area (Å²) in [5.41, 5.74) is 0. The Morgan fingerprint density at radius 2 is 1.90 bits per heavy atom. The number of benzene rings is 1. The van der Waals surface area contributed by atoms with Gasteiger partial charge in [-0.3, -0.25) is 0 Å². The van der Waals surface area contributed by atoms with E-state index in [0.29, 0.717) is 28.4 Å². The predicted molar refractivity (Wildman–Crippen MR) is 86.8 cm³/mol. The third kappa shape index (κ3) is 3.95. The molecule has 1 fully saturated rings. The number of nitrogens with zero attached hydrogens (tertiary/aromatic N) is 1. The normalized spacial score (nSPS) is 17.7. The van der Waals surface area contributed by atoms with E-state index in [9.17, 15) is 8.42 Å². The molecule has 0 atom stereocenters.